The van der Waals surface area contributed by atoms with Crippen molar-refractivity contribution in [3.8, 4) is 0 Å². The molecule has 8 nitrogen and oxygen atoms in total. The van der Waals surface area contributed by atoms with Gasteiger partial charge in [0.2, 0.25) is 0 Å². The van der Waals surface area contributed by atoms with Gasteiger partial charge in [0.1, 0.15) is 0 Å². The summed E-state index contributed by atoms with van der Waals surface area (Å²) < 4.78 is 20.8. The number of methoxy groups -OCH3 is 4. The molecule has 0 spiro atoms. The van der Waals surface area contributed by atoms with Crippen LogP contribution < -0.4 is 0 Å². The number of esters is 3. The molecule has 3 fully saturated rings. The fraction of sp³-hybridized carbons (Fsp3) is 0.850. The molecule has 0 aromatic heterocycles. The van der Waals surface area contributed by atoms with Gasteiger partial charge in [0, 0.05) is 13.0 Å². The Balaban J connectivity index is 2.23. The molecule has 0 unspecified atom stereocenters. The van der Waals surface area contributed by atoms with Gasteiger partial charge in [-0.2, -0.15) is 0 Å². The smallest absolute Gasteiger partial charge is 0.323 e. The molecule has 8 heteroatoms. The Morgan fingerprint density at radius 3 is 2.04 bits per heavy atom. The van der Waals surface area contributed by atoms with E-state index in [1.807, 2.05) is 6.92 Å². The van der Waals surface area contributed by atoms with E-state index in [2.05, 4.69) is 0 Å². The molecule has 1 N–H and O–H groups in total. The van der Waals surface area contributed by atoms with E-state index in [1.54, 1.807) is 0 Å². The number of hydrogen-bond acceptors (Lipinski definition) is 8. The van der Waals surface area contributed by atoms with Crippen molar-refractivity contribution in [1.82, 2.24) is 0 Å². The second kappa shape index (κ2) is 7.30. The minimum atomic E-state index is -1.54. The predicted molar refractivity (Wildman–Crippen MR) is 95.8 cm³/mol. The van der Waals surface area contributed by atoms with Crippen LogP contribution in [-0.4, -0.2) is 63.7 Å². The van der Waals surface area contributed by atoms with Crippen LogP contribution in [0.2, 0.25) is 0 Å². The lowest BCUT2D eigenvalue weighted by atomic mass is 9.49. The zero-order valence-electron chi connectivity index (χ0n) is 17.1. The number of aliphatic hydroxyl groups is 1. The maximum absolute atomic E-state index is 13.1. The molecule has 3 aliphatic rings. The maximum atomic E-state index is 13.1. The third-order valence-corrected chi connectivity index (χ3v) is 7.80. The Bertz CT molecular complexity index is 645. The van der Waals surface area contributed by atoms with Gasteiger partial charge in [-0.3, -0.25) is 14.4 Å². The molecule has 7 atom stereocenters. The highest BCUT2D eigenvalue weighted by molar-refractivity contribution is 6.01. The van der Waals surface area contributed by atoms with E-state index in [-0.39, 0.29) is 18.3 Å². The molecule has 0 aromatic carbocycles. The van der Waals surface area contributed by atoms with Crippen molar-refractivity contribution < 1.29 is 38.4 Å². The van der Waals surface area contributed by atoms with Crippen molar-refractivity contribution in [2.24, 2.45) is 34.5 Å². The van der Waals surface area contributed by atoms with Gasteiger partial charge in [-0.05, 0) is 37.0 Å². The molecule has 3 rings (SSSR count). The molecule has 0 bridgehead atoms. The first-order valence-corrected chi connectivity index (χ1v) is 9.74. The Morgan fingerprint density at radius 2 is 1.54 bits per heavy atom. The average molecular weight is 398 g/mol. The second-order valence-electron chi connectivity index (χ2n) is 8.36. The monoisotopic (exact) mass is 398 g/mol. The van der Waals surface area contributed by atoms with Crippen molar-refractivity contribution in [3.63, 3.8) is 0 Å². The molecule has 0 aromatic rings. The zero-order valence-corrected chi connectivity index (χ0v) is 17.1. The molecule has 0 aliphatic heterocycles. The SMILES string of the molecule is COC(=O)C1(C(=O)OC)C[C@@H]2[C@@H](O)[C@H](OC)[C@@H](C)[C@]3(C(=O)OC)CCC[C@H]1[C@H]23. The Hall–Kier alpha value is -1.67. The van der Waals surface area contributed by atoms with Gasteiger partial charge in [0.25, 0.3) is 0 Å². The van der Waals surface area contributed by atoms with Crippen LogP contribution in [-0.2, 0) is 33.3 Å². The minimum absolute atomic E-state index is 0.0637. The molecule has 0 amide bonds. The normalized spacial score (nSPS) is 40.9. The highest BCUT2D eigenvalue weighted by Gasteiger charge is 2.75. The zero-order chi connectivity index (χ0) is 20.9. The molecule has 0 heterocycles. The summed E-state index contributed by atoms with van der Waals surface area (Å²) in [4.78, 5) is 38.9. The number of carbonyl (C=O) groups excluding carboxylic acids is 3. The first-order valence-electron chi connectivity index (χ1n) is 9.74. The summed E-state index contributed by atoms with van der Waals surface area (Å²) in [6.45, 7) is 1.88. The summed E-state index contributed by atoms with van der Waals surface area (Å²) in [5.74, 6) is -3.41. The summed E-state index contributed by atoms with van der Waals surface area (Å²) in [5, 5.41) is 11.1. The van der Waals surface area contributed by atoms with Crippen LogP contribution in [0.1, 0.15) is 32.6 Å². The van der Waals surface area contributed by atoms with Crippen molar-refractivity contribution in [2.75, 3.05) is 28.4 Å². The summed E-state index contributed by atoms with van der Waals surface area (Å²) in [5.41, 5.74) is -2.48. The predicted octanol–water partition coefficient (Wildman–Crippen LogP) is 0.940. The minimum Gasteiger partial charge on any atom is -0.469 e. The molecule has 3 saturated carbocycles. The summed E-state index contributed by atoms with van der Waals surface area (Å²) in [6, 6.07) is 0. The van der Waals surface area contributed by atoms with Crippen molar-refractivity contribution in [3.05, 3.63) is 0 Å². The molecule has 3 aliphatic carbocycles. The Morgan fingerprint density at radius 1 is 0.964 bits per heavy atom. The molecule has 0 radical (unpaired) electrons. The molecule has 0 saturated heterocycles. The van der Waals surface area contributed by atoms with Gasteiger partial charge in [-0.15, -0.1) is 0 Å². The lowest BCUT2D eigenvalue weighted by molar-refractivity contribution is -0.208. The van der Waals surface area contributed by atoms with Crippen LogP contribution in [0, 0.1) is 34.5 Å². The van der Waals surface area contributed by atoms with Gasteiger partial charge in [0.05, 0.1) is 39.0 Å². The Labute approximate surface area is 164 Å². The van der Waals surface area contributed by atoms with Crippen LogP contribution in [0.4, 0.5) is 0 Å². The van der Waals surface area contributed by atoms with Crippen LogP contribution in [0.15, 0.2) is 0 Å². The third-order valence-electron chi connectivity index (χ3n) is 7.80. The fourth-order valence-corrected chi connectivity index (χ4v) is 6.77. The van der Waals surface area contributed by atoms with Gasteiger partial charge < -0.3 is 24.1 Å². The average Bonchev–Trinajstić information content (AvgIpc) is 3.08. The number of aliphatic hydroxyl groups excluding tert-OH is 1. The number of ether oxygens (including phenoxy) is 4. The standard InChI is InChI=1S/C20H30O8/c1-10-15(25-2)14(21)11-9-20(17(23)27-4,18(24)28-5)12-7-6-8-19(10,13(11)12)16(22)26-3/h10-15,21H,6-9H2,1-5H3/t10-,11+,12+,13+,14-,15-,19-/m1/s1. The van der Waals surface area contributed by atoms with E-state index in [0.717, 1.165) is 0 Å². The van der Waals surface area contributed by atoms with Crippen LogP contribution in [0.25, 0.3) is 0 Å². The van der Waals surface area contributed by atoms with E-state index < -0.39 is 52.7 Å². The largest absolute Gasteiger partial charge is 0.469 e. The molecule has 158 valence electrons. The number of rotatable bonds is 4. The summed E-state index contributed by atoms with van der Waals surface area (Å²) in [7, 11) is 5.32. The van der Waals surface area contributed by atoms with E-state index in [1.165, 1.54) is 28.4 Å². The van der Waals surface area contributed by atoms with Crippen LogP contribution in [0.3, 0.4) is 0 Å². The van der Waals surface area contributed by atoms with Gasteiger partial charge >= 0.3 is 17.9 Å². The Kier molecular flexibility index (Phi) is 5.49. The fourth-order valence-electron chi connectivity index (χ4n) is 6.77. The lowest BCUT2D eigenvalue weighted by Crippen LogP contribution is -2.63. The van der Waals surface area contributed by atoms with Crippen molar-refractivity contribution in [2.45, 2.75) is 44.8 Å². The van der Waals surface area contributed by atoms with E-state index in [9.17, 15) is 19.5 Å². The van der Waals surface area contributed by atoms with Crippen LogP contribution in [0.5, 0.6) is 0 Å². The molecular formula is C20H30O8. The quantitative estimate of drug-likeness (QED) is 0.423. The van der Waals surface area contributed by atoms with E-state index in [0.29, 0.717) is 19.3 Å². The molecule has 28 heavy (non-hydrogen) atoms. The van der Waals surface area contributed by atoms with Crippen molar-refractivity contribution >= 4 is 17.9 Å². The van der Waals surface area contributed by atoms with Crippen molar-refractivity contribution in [1.29, 1.82) is 0 Å². The highest BCUT2D eigenvalue weighted by Crippen LogP contribution is 2.68. The highest BCUT2D eigenvalue weighted by atomic mass is 16.5. The lowest BCUT2D eigenvalue weighted by Gasteiger charge is -2.56. The van der Waals surface area contributed by atoms with E-state index in [4.69, 9.17) is 18.9 Å². The first kappa shape index (κ1) is 21.0. The van der Waals surface area contributed by atoms with Gasteiger partial charge in [-0.1, -0.05) is 13.3 Å². The number of hydrogen-bond donors (Lipinski definition) is 1. The van der Waals surface area contributed by atoms with Crippen LogP contribution >= 0.6 is 0 Å². The van der Waals surface area contributed by atoms with Gasteiger partial charge in [0.15, 0.2) is 5.41 Å². The maximum Gasteiger partial charge on any atom is 0.323 e. The summed E-state index contributed by atoms with van der Waals surface area (Å²) in [6.07, 6.45) is 0.318. The third kappa shape index (κ3) is 2.40. The number of carbonyl (C=O) groups is 3. The first-order chi connectivity index (χ1) is 13.3. The molecular weight excluding hydrogens is 368 g/mol. The topological polar surface area (TPSA) is 108 Å². The second-order valence-corrected chi connectivity index (χ2v) is 8.36. The van der Waals surface area contributed by atoms with Gasteiger partial charge in [-0.25, -0.2) is 0 Å². The summed E-state index contributed by atoms with van der Waals surface area (Å²) >= 11 is 0. The van der Waals surface area contributed by atoms with E-state index >= 15 is 0 Å².